The lowest BCUT2D eigenvalue weighted by Crippen LogP contribution is -2.53. The first kappa shape index (κ1) is 15.9. The van der Waals surface area contributed by atoms with E-state index in [0.717, 1.165) is 24.8 Å². The Hall–Kier alpha value is -0.530. The van der Waals surface area contributed by atoms with E-state index in [9.17, 15) is 4.79 Å². The molecule has 2 nitrogen and oxygen atoms in total. The Labute approximate surface area is 125 Å². The molecule has 2 aliphatic rings. The highest BCUT2D eigenvalue weighted by atomic mass is 16.2. The van der Waals surface area contributed by atoms with Crippen LogP contribution in [-0.2, 0) is 4.79 Å². The average Bonchev–Trinajstić information content (AvgIpc) is 2.31. The van der Waals surface area contributed by atoms with E-state index in [0.29, 0.717) is 23.8 Å². The SMILES string of the molecule is CC(C)CC1CN(C(C)C)C(=O)C2CCCCCCC12. The van der Waals surface area contributed by atoms with Crippen molar-refractivity contribution in [1.29, 1.82) is 0 Å². The Morgan fingerprint density at radius 3 is 2.30 bits per heavy atom. The molecule has 116 valence electrons. The average molecular weight is 279 g/mol. The number of carbonyl (C=O) groups is 1. The molecular formula is C18H33NO. The zero-order valence-electron chi connectivity index (χ0n) is 13.9. The highest BCUT2D eigenvalue weighted by Gasteiger charge is 2.42. The Balaban J connectivity index is 2.18. The van der Waals surface area contributed by atoms with E-state index >= 15 is 0 Å². The van der Waals surface area contributed by atoms with Crippen molar-refractivity contribution < 1.29 is 4.79 Å². The smallest absolute Gasteiger partial charge is 0.226 e. The van der Waals surface area contributed by atoms with Gasteiger partial charge in [0.1, 0.15) is 0 Å². The van der Waals surface area contributed by atoms with E-state index in [-0.39, 0.29) is 0 Å². The van der Waals surface area contributed by atoms with Crippen molar-refractivity contribution in [3.8, 4) is 0 Å². The fourth-order valence-electron chi connectivity index (χ4n) is 4.40. The summed E-state index contributed by atoms with van der Waals surface area (Å²) in [5, 5.41) is 0. The van der Waals surface area contributed by atoms with E-state index in [4.69, 9.17) is 0 Å². The lowest BCUT2D eigenvalue weighted by Gasteiger charge is -2.46. The summed E-state index contributed by atoms with van der Waals surface area (Å²) in [5.74, 6) is 2.94. The predicted octanol–water partition coefficient (Wildman–Crippen LogP) is 4.49. The van der Waals surface area contributed by atoms with Gasteiger partial charge in [0.05, 0.1) is 0 Å². The molecule has 2 rings (SSSR count). The first-order chi connectivity index (χ1) is 9.50. The number of likely N-dealkylation sites (tertiary alicyclic amines) is 1. The van der Waals surface area contributed by atoms with Crippen LogP contribution in [0.5, 0.6) is 0 Å². The Morgan fingerprint density at radius 2 is 1.70 bits per heavy atom. The fraction of sp³-hybridized carbons (Fsp3) is 0.944. The molecule has 0 radical (unpaired) electrons. The molecule has 1 saturated carbocycles. The van der Waals surface area contributed by atoms with Crippen LogP contribution in [0.15, 0.2) is 0 Å². The topological polar surface area (TPSA) is 20.3 Å². The zero-order valence-corrected chi connectivity index (χ0v) is 13.9. The van der Waals surface area contributed by atoms with E-state index in [1.54, 1.807) is 0 Å². The van der Waals surface area contributed by atoms with Crippen molar-refractivity contribution in [3.63, 3.8) is 0 Å². The molecule has 2 fully saturated rings. The summed E-state index contributed by atoms with van der Waals surface area (Å²) >= 11 is 0. The van der Waals surface area contributed by atoms with Gasteiger partial charge in [-0.15, -0.1) is 0 Å². The van der Waals surface area contributed by atoms with Gasteiger partial charge < -0.3 is 4.90 Å². The summed E-state index contributed by atoms with van der Waals surface area (Å²) in [6, 6.07) is 0.364. The second kappa shape index (κ2) is 6.95. The van der Waals surface area contributed by atoms with Crippen molar-refractivity contribution in [2.24, 2.45) is 23.7 Å². The maximum absolute atomic E-state index is 12.8. The first-order valence-electron chi connectivity index (χ1n) is 8.81. The molecule has 3 unspecified atom stereocenters. The van der Waals surface area contributed by atoms with Crippen LogP contribution in [0.25, 0.3) is 0 Å². The number of amides is 1. The molecule has 20 heavy (non-hydrogen) atoms. The molecule has 0 aromatic carbocycles. The molecule has 0 spiro atoms. The molecule has 0 aromatic heterocycles. The summed E-state index contributed by atoms with van der Waals surface area (Å²) in [7, 11) is 0. The molecule has 2 heteroatoms. The lowest BCUT2D eigenvalue weighted by molar-refractivity contribution is -0.148. The molecule has 0 aromatic rings. The fourth-order valence-corrected chi connectivity index (χ4v) is 4.40. The molecule has 1 amide bonds. The van der Waals surface area contributed by atoms with E-state index in [2.05, 4.69) is 32.6 Å². The maximum Gasteiger partial charge on any atom is 0.226 e. The van der Waals surface area contributed by atoms with Crippen LogP contribution in [0.4, 0.5) is 0 Å². The van der Waals surface area contributed by atoms with Gasteiger partial charge in [-0.1, -0.05) is 39.5 Å². The second-order valence-electron chi connectivity index (χ2n) is 7.74. The first-order valence-corrected chi connectivity index (χ1v) is 8.81. The van der Waals surface area contributed by atoms with Crippen molar-refractivity contribution in [2.75, 3.05) is 6.54 Å². The minimum atomic E-state index is 0.329. The van der Waals surface area contributed by atoms with Gasteiger partial charge in [0.15, 0.2) is 0 Å². The van der Waals surface area contributed by atoms with Gasteiger partial charge in [-0.3, -0.25) is 4.79 Å². The second-order valence-corrected chi connectivity index (χ2v) is 7.74. The standard InChI is InChI=1S/C18H33NO/c1-13(2)11-15-12-19(14(3)4)18(20)17-10-8-6-5-7-9-16(15)17/h13-17H,5-12H2,1-4H3. The normalized spacial score (nSPS) is 32.2. The molecule has 1 heterocycles. The van der Waals surface area contributed by atoms with E-state index < -0.39 is 0 Å². The van der Waals surface area contributed by atoms with Gasteiger partial charge in [0, 0.05) is 18.5 Å². The summed E-state index contributed by atoms with van der Waals surface area (Å²) in [6.45, 7) is 10.0. The summed E-state index contributed by atoms with van der Waals surface area (Å²) in [6.07, 6.45) is 9.02. The summed E-state index contributed by atoms with van der Waals surface area (Å²) in [5.41, 5.74) is 0. The molecule has 3 atom stereocenters. The molecule has 0 N–H and O–H groups in total. The third-order valence-corrected chi connectivity index (χ3v) is 5.35. The Morgan fingerprint density at radius 1 is 1.05 bits per heavy atom. The molecule has 1 saturated heterocycles. The number of hydrogen-bond donors (Lipinski definition) is 0. The van der Waals surface area contributed by atoms with E-state index in [1.165, 1.54) is 38.5 Å². The molecule has 1 aliphatic carbocycles. The molecular weight excluding hydrogens is 246 g/mol. The zero-order chi connectivity index (χ0) is 14.7. The van der Waals surface area contributed by atoms with Crippen LogP contribution in [0.1, 0.15) is 72.6 Å². The largest absolute Gasteiger partial charge is 0.340 e. The number of hydrogen-bond acceptors (Lipinski definition) is 1. The van der Waals surface area contributed by atoms with Crippen LogP contribution in [0.2, 0.25) is 0 Å². The highest BCUT2D eigenvalue weighted by Crippen LogP contribution is 2.41. The van der Waals surface area contributed by atoms with Gasteiger partial charge in [-0.05, 0) is 50.9 Å². The predicted molar refractivity (Wildman–Crippen MR) is 84.5 cm³/mol. The number of carbonyl (C=O) groups excluding carboxylic acids is 1. The van der Waals surface area contributed by atoms with Gasteiger partial charge in [-0.2, -0.15) is 0 Å². The van der Waals surface area contributed by atoms with Gasteiger partial charge in [0.25, 0.3) is 0 Å². The van der Waals surface area contributed by atoms with Crippen molar-refractivity contribution in [2.45, 2.75) is 78.7 Å². The van der Waals surface area contributed by atoms with Crippen molar-refractivity contribution in [1.82, 2.24) is 4.90 Å². The van der Waals surface area contributed by atoms with Gasteiger partial charge in [-0.25, -0.2) is 0 Å². The Kier molecular flexibility index (Phi) is 5.51. The van der Waals surface area contributed by atoms with Crippen molar-refractivity contribution in [3.05, 3.63) is 0 Å². The molecule has 0 bridgehead atoms. The quantitative estimate of drug-likeness (QED) is 0.745. The van der Waals surface area contributed by atoms with Crippen LogP contribution < -0.4 is 0 Å². The number of fused-ring (bicyclic) bond motifs is 1. The number of rotatable bonds is 3. The van der Waals surface area contributed by atoms with Crippen LogP contribution in [0, 0.1) is 23.7 Å². The molecule has 1 aliphatic heterocycles. The monoisotopic (exact) mass is 279 g/mol. The number of nitrogens with zero attached hydrogens (tertiary/aromatic N) is 1. The number of piperidine rings is 1. The highest BCUT2D eigenvalue weighted by molar-refractivity contribution is 5.80. The van der Waals surface area contributed by atoms with Crippen LogP contribution in [-0.4, -0.2) is 23.4 Å². The third-order valence-electron chi connectivity index (χ3n) is 5.35. The summed E-state index contributed by atoms with van der Waals surface area (Å²) in [4.78, 5) is 15.0. The van der Waals surface area contributed by atoms with Crippen molar-refractivity contribution >= 4 is 5.91 Å². The van der Waals surface area contributed by atoms with Crippen LogP contribution >= 0.6 is 0 Å². The minimum absolute atomic E-state index is 0.329. The van der Waals surface area contributed by atoms with Crippen LogP contribution in [0.3, 0.4) is 0 Å². The minimum Gasteiger partial charge on any atom is -0.340 e. The maximum atomic E-state index is 12.8. The van der Waals surface area contributed by atoms with E-state index in [1.807, 2.05) is 0 Å². The van der Waals surface area contributed by atoms with Gasteiger partial charge >= 0.3 is 0 Å². The van der Waals surface area contributed by atoms with Gasteiger partial charge in [0.2, 0.25) is 5.91 Å². The lowest BCUT2D eigenvalue weighted by atomic mass is 9.69. The summed E-state index contributed by atoms with van der Waals surface area (Å²) < 4.78 is 0. The Bertz CT molecular complexity index is 323. The third kappa shape index (κ3) is 3.56.